The summed E-state index contributed by atoms with van der Waals surface area (Å²) in [5, 5.41) is 0.673. The lowest BCUT2D eigenvalue weighted by Gasteiger charge is -2.17. The van der Waals surface area contributed by atoms with Crippen molar-refractivity contribution in [2.45, 2.75) is 44.2 Å². The summed E-state index contributed by atoms with van der Waals surface area (Å²) < 4.78 is 0. The average molecular weight is 221 g/mol. The van der Waals surface area contributed by atoms with Gasteiger partial charge in [0.05, 0.1) is 0 Å². The van der Waals surface area contributed by atoms with Crippen LogP contribution in [0, 0.1) is 13.8 Å². The van der Waals surface area contributed by atoms with Crippen molar-refractivity contribution >= 4 is 11.8 Å². The van der Waals surface area contributed by atoms with Crippen molar-refractivity contribution in [3.63, 3.8) is 0 Å². The Balaban J connectivity index is 2.48. The van der Waals surface area contributed by atoms with Gasteiger partial charge in [-0.15, -0.1) is 0 Å². The highest BCUT2D eigenvalue weighted by molar-refractivity contribution is 7.99. The molecule has 1 aliphatic rings. The van der Waals surface area contributed by atoms with Crippen LogP contribution < -0.4 is 5.73 Å². The largest absolute Gasteiger partial charge is 0.324 e. The molecule has 0 saturated heterocycles. The van der Waals surface area contributed by atoms with Crippen LogP contribution in [0.25, 0.3) is 0 Å². The molecule has 0 bridgehead atoms. The molecule has 1 aliphatic heterocycles. The van der Waals surface area contributed by atoms with Crippen molar-refractivity contribution in [3.05, 3.63) is 34.4 Å². The molecule has 1 aromatic rings. The lowest BCUT2D eigenvalue weighted by atomic mass is 9.92. The highest BCUT2D eigenvalue weighted by Crippen LogP contribution is 2.35. The number of rotatable bonds is 0. The topological polar surface area (TPSA) is 26.0 Å². The summed E-state index contributed by atoms with van der Waals surface area (Å²) in [6.07, 6.45) is 1.10. The Morgan fingerprint density at radius 3 is 2.80 bits per heavy atom. The standard InChI is InChI=1S/C13H19NS/c1-8-4-9(2)13-11(5-8)7-15-10(3)6-12(13)14/h4-5,10,12H,6-7,14H2,1-3H3. The van der Waals surface area contributed by atoms with Gasteiger partial charge in [-0.3, -0.25) is 0 Å². The van der Waals surface area contributed by atoms with Gasteiger partial charge in [0.25, 0.3) is 0 Å². The van der Waals surface area contributed by atoms with E-state index in [1.165, 1.54) is 22.3 Å². The van der Waals surface area contributed by atoms with Gasteiger partial charge in [-0.1, -0.05) is 24.6 Å². The van der Waals surface area contributed by atoms with Crippen molar-refractivity contribution in [2.24, 2.45) is 5.73 Å². The number of fused-ring (bicyclic) bond motifs is 1. The normalized spacial score (nSPS) is 25.9. The van der Waals surface area contributed by atoms with Gasteiger partial charge in [0.2, 0.25) is 0 Å². The third kappa shape index (κ3) is 2.21. The fraction of sp³-hybridized carbons (Fsp3) is 0.538. The molecule has 1 aromatic carbocycles. The maximum atomic E-state index is 6.27. The fourth-order valence-electron chi connectivity index (χ4n) is 2.49. The molecule has 15 heavy (non-hydrogen) atoms. The van der Waals surface area contributed by atoms with E-state index in [1.807, 2.05) is 11.8 Å². The molecule has 0 amide bonds. The molecule has 2 atom stereocenters. The fourth-order valence-corrected chi connectivity index (χ4v) is 3.54. The molecule has 0 fully saturated rings. The van der Waals surface area contributed by atoms with Crippen LogP contribution in [0.1, 0.15) is 41.6 Å². The second-order valence-electron chi connectivity index (χ2n) is 4.62. The summed E-state index contributed by atoms with van der Waals surface area (Å²) >= 11 is 2.02. The summed E-state index contributed by atoms with van der Waals surface area (Å²) in [5.74, 6) is 1.12. The van der Waals surface area contributed by atoms with E-state index in [1.54, 1.807) is 0 Å². The van der Waals surface area contributed by atoms with E-state index in [4.69, 9.17) is 5.73 Å². The molecular formula is C13H19NS. The molecule has 2 unspecified atom stereocenters. The van der Waals surface area contributed by atoms with Crippen LogP contribution in [0.15, 0.2) is 12.1 Å². The van der Waals surface area contributed by atoms with Crippen LogP contribution in [0.5, 0.6) is 0 Å². The number of nitrogens with two attached hydrogens (primary N) is 1. The van der Waals surface area contributed by atoms with Crippen molar-refractivity contribution in [2.75, 3.05) is 0 Å². The average Bonchev–Trinajstić information content (AvgIpc) is 2.25. The zero-order valence-corrected chi connectivity index (χ0v) is 10.5. The van der Waals surface area contributed by atoms with Crippen LogP contribution in [0.3, 0.4) is 0 Å². The first-order valence-corrected chi connectivity index (χ1v) is 6.60. The zero-order valence-electron chi connectivity index (χ0n) is 9.71. The summed E-state index contributed by atoms with van der Waals surface area (Å²) in [6, 6.07) is 4.78. The van der Waals surface area contributed by atoms with Crippen molar-refractivity contribution < 1.29 is 0 Å². The van der Waals surface area contributed by atoms with Crippen LogP contribution in [0.2, 0.25) is 0 Å². The maximum Gasteiger partial charge on any atom is 0.0311 e. The number of thioether (sulfide) groups is 1. The molecule has 0 saturated carbocycles. The first-order chi connectivity index (χ1) is 7.08. The van der Waals surface area contributed by atoms with Gasteiger partial charge in [0.15, 0.2) is 0 Å². The summed E-state index contributed by atoms with van der Waals surface area (Å²) in [7, 11) is 0. The first kappa shape index (κ1) is 11.0. The second kappa shape index (κ2) is 4.18. The van der Waals surface area contributed by atoms with E-state index >= 15 is 0 Å². The van der Waals surface area contributed by atoms with Gasteiger partial charge in [-0.05, 0) is 37.0 Å². The van der Waals surface area contributed by atoms with Gasteiger partial charge < -0.3 is 5.73 Å². The molecule has 0 radical (unpaired) electrons. The SMILES string of the molecule is Cc1cc(C)c2c(c1)CSC(C)CC2N. The third-order valence-corrected chi connectivity index (χ3v) is 4.34. The Labute approximate surface area is 96.4 Å². The van der Waals surface area contributed by atoms with E-state index < -0.39 is 0 Å². The van der Waals surface area contributed by atoms with Crippen molar-refractivity contribution in [1.29, 1.82) is 0 Å². The quantitative estimate of drug-likeness (QED) is 0.727. The lowest BCUT2D eigenvalue weighted by Crippen LogP contribution is -2.15. The summed E-state index contributed by atoms with van der Waals surface area (Å²) in [6.45, 7) is 6.63. The molecule has 1 nitrogen and oxygen atoms in total. The number of benzene rings is 1. The summed E-state index contributed by atoms with van der Waals surface area (Å²) in [5.41, 5.74) is 11.9. The molecule has 2 heteroatoms. The predicted molar refractivity (Wildman–Crippen MR) is 68.2 cm³/mol. The minimum absolute atomic E-state index is 0.227. The van der Waals surface area contributed by atoms with E-state index in [-0.39, 0.29) is 6.04 Å². The van der Waals surface area contributed by atoms with Crippen LogP contribution in [-0.4, -0.2) is 5.25 Å². The Hall–Kier alpha value is -0.470. The van der Waals surface area contributed by atoms with Crippen molar-refractivity contribution in [3.8, 4) is 0 Å². The van der Waals surface area contributed by atoms with Crippen LogP contribution in [-0.2, 0) is 5.75 Å². The monoisotopic (exact) mass is 221 g/mol. The van der Waals surface area contributed by atoms with E-state index in [2.05, 4.69) is 32.9 Å². The second-order valence-corrected chi connectivity index (χ2v) is 6.05. The van der Waals surface area contributed by atoms with E-state index in [0.29, 0.717) is 5.25 Å². The highest BCUT2D eigenvalue weighted by atomic mass is 32.2. The Bertz CT molecular complexity index is 373. The molecule has 0 aliphatic carbocycles. The minimum Gasteiger partial charge on any atom is -0.324 e. The highest BCUT2D eigenvalue weighted by Gasteiger charge is 2.21. The first-order valence-electron chi connectivity index (χ1n) is 5.55. The van der Waals surface area contributed by atoms with E-state index in [0.717, 1.165) is 12.2 Å². The van der Waals surface area contributed by atoms with Gasteiger partial charge in [0.1, 0.15) is 0 Å². The molecule has 0 aromatic heterocycles. The van der Waals surface area contributed by atoms with Crippen molar-refractivity contribution in [1.82, 2.24) is 0 Å². The van der Waals surface area contributed by atoms with Crippen LogP contribution >= 0.6 is 11.8 Å². The van der Waals surface area contributed by atoms with Gasteiger partial charge in [-0.2, -0.15) is 11.8 Å². The Kier molecular flexibility index (Phi) is 3.08. The summed E-state index contributed by atoms with van der Waals surface area (Å²) in [4.78, 5) is 0. The predicted octanol–water partition coefficient (Wildman–Crippen LogP) is 3.33. The number of aryl methyl sites for hydroxylation is 2. The Morgan fingerprint density at radius 2 is 2.07 bits per heavy atom. The minimum atomic E-state index is 0.227. The molecule has 2 rings (SSSR count). The van der Waals surface area contributed by atoms with E-state index in [9.17, 15) is 0 Å². The van der Waals surface area contributed by atoms with Gasteiger partial charge in [-0.25, -0.2) is 0 Å². The lowest BCUT2D eigenvalue weighted by molar-refractivity contribution is 0.647. The molecule has 1 heterocycles. The number of hydrogen-bond acceptors (Lipinski definition) is 2. The number of hydrogen-bond donors (Lipinski definition) is 1. The zero-order chi connectivity index (χ0) is 11.0. The Morgan fingerprint density at radius 1 is 1.33 bits per heavy atom. The van der Waals surface area contributed by atoms with Gasteiger partial charge >= 0.3 is 0 Å². The molecular weight excluding hydrogens is 202 g/mol. The molecule has 0 spiro atoms. The molecule has 82 valence electrons. The van der Waals surface area contributed by atoms with Gasteiger partial charge in [0, 0.05) is 17.0 Å². The smallest absolute Gasteiger partial charge is 0.0311 e. The van der Waals surface area contributed by atoms with Crippen LogP contribution in [0.4, 0.5) is 0 Å². The third-order valence-electron chi connectivity index (χ3n) is 3.10. The maximum absolute atomic E-state index is 6.27. The molecule has 2 N–H and O–H groups in total.